The lowest BCUT2D eigenvalue weighted by molar-refractivity contribution is 0.0787. The van der Waals surface area contributed by atoms with Gasteiger partial charge in [-0.2, -0.15) is 0 Å². The van der Waals surface area contributed by atoms with Crippen LogP contribution < -0.4 is 5.73 Å². The van der Waals surface area contributed by atoms with Crippen molar-refractivity contribution in [2.75, 3.05) is 19.6 Å². The van der Waals surface area contributed by atoms with Gasteiger partial charge in [-0.05, 0) is 30.7 Å². The second kappa shape index (κ2) is 6.72. The van der Waals surface area contributed by atoms with Crippen LogP contribution in [0.4, 0.5) is 0 Å². The molecule has 1 fully saturated rings. The fourth-order valence-electron chi connectivity index (χ4n) is 3.95. The van der Waals surface area contributed by atoms with Gasteiger partial charge in [0.15, 0.2) is 0 Å². The third-order valence-corrected chi connectivity index (χ3v) is 7.32. The van der Waals surface area contributed by atoms with Gasteiger partial charge in [-0.25, -0.2) is 12.7 Å². The van der Waals surface area contributed by atoms with Crippen molar-refractivity contribution < 1.29 is 18.0 Å². The van der Waals surface area contributed by atoms with Crippen LogP contribution in [0, 0.1) is 0 Å². The van der Waals surface area contributed by atoms with Crippen molar-refractivity contribution >= 4 is 21.8 Å². The van der Waals surface area contributed by atoms with Gasteiger partial charge < -0.3 is 10.6 Å². The average molecular weight is 399 g/mol. The van der Waals surface area contributed by atoms with Crippen LogP contribution in [0.5, 0.6) is 0 Å². The number of fused-ring (bicyclic) bond motifs is 1. The summed E-state index contributed by atoms with van der Waals surface area (Å²) in [5.74, 6) is -0.807. The molecule has 8 heteroatoms. The van der Waals surface area contributed by atoms with E-state index in [9.17, 15) is 18.0 Å². The number of sulfonamides is 1. The first kappa shape index (κ1) is 18.6. The molecule has 0 spiro atoms. The standard InChI is InChI=1S/C20H21N3O4S/c1-2-23-20(25)15-9-8-14(10-18(15)28(23,26)27)19(24)22-11-16(17(21)12-22)13-6-4-3-5-7-13/h3-10,16-17H,2,11-12,21H2,1H3/t16-,17+/m0/s1. The van der Waals surface area contributed by atoms with Gasteiger partial charge in [0.2, 0.25) is 0 Å². The maximum absolute atomic E-state index is 13.0. The van der Waals surface area contributed by atoms with E-state index in [-0.39, 0.29) is 40.4 Å². The van der Waals surface area contributed by atoms with Crippen molar-refractivity contribution in [3.63, 3.8) is 0 Å². The Kier molecular flexibility index (Phi) is 4.47. The molecule has 2 heterocycles. The molecule has 0 radical (unpaired) electrons. The van der Waals surface area contributed by atoms with Crippen LogP contribution in [0.25, 0.3) is 0 Å². The monoisotopic (exact) mass is 399 g/mol. The number of nitrogens with two attached hydrogens (primary N) is 1. The number of hydrogen-bond donors (Lipinski definition) is 1. The predicted molar refractivity (Wildman–Crippen MR) is 103 cm³/mol. The predicted octanol–water partition coefficient (Wildman–Crippen LogP) is 1.42. The molecule has 2 aromatic carbocycles. The number of benzene rings is 2. The highest BCUT2D eigenvalue weighted by atomic mass is 32.2. The third kappa shape index (κ3) is 2.80. The largest absolute Gasteiger partial charge is 0.336 e. The Bertz CT molecular complexity index is 1050. The summed E-state index contributed by atoms with van der Waals surface area (Å²) in [6, 6.07) is 13.8. The Balaban J connectivity index is 1.62. The number of nitrogens with zero attached hydrogens (tertiary/aromatic N) is 2. The van der Waals surface area contributed by atoms with E-state index in [2.05, 4.69) is 0 Å². The lowest BCUT2D eigenvalue weighted by Crippen LogP contribution is -2.32. The van der Waals surface area contributed by atoms with Gasteiger partial charge in [0.25, 0.3) is 21.8 Å². The van der Waals surface area contributed by atoms with Crippen molar-refractivity contribution in [1.82, 2.24) is 9.21 Å². The number of amides is 2. The number of likely N-dealkylation sites (tertiary alicyclic amines) is 1. The Hall–Kier alpha value is -2.71. The first-order chi connectivity index (χ1) is 13.3. The molecule has 7 nitrogen and oxygen atoms in total. The quantitative estimate of drug-likeness (QED) is 0.841. The molecule has 0 aromatic heterocycles. The smallest absolute Gasteiger partial charge is 0.268 e. The molecule has 0 bridgehead atoms. The van der Waals surface area contributed by atoms with Gasteiger partial charge in [0.1, 0.15) is 4.90 Å². The van der Waals surface area contributed by atoms with Crippen molar-refractivity contribution in [2.45, 2.75) is 23.8 Å². The van der Waals surface area contributed by atoms with E-state index in [4.69, 9.17) is 5.73 Å². The molecule has 2 aromatic rings. The maximum Gasteiger partial charge on any atom is 0.268 e. The summed E-state index contributed by atoms with van der Waals surface area (Å²) in [6.07, 6.45) is 0. The van der Waals surface area contributed by atoms with E-state index in [0.29, 0.717) is 13.1 Å². The Morgan fingerprint density at radius 3 is 2.54 bits per heavy atom. The molecule has 0 saturated carbocycles. The number of carbonyl (C=O) groups excluding carboxylic acids is 2. The fraction of sp³-hybridized carbons (Fsp3) is 0.300. The first-order valence-corrected chi connectivity index (χ1v) is 10.6. The van der Waals surface area contributed by atoms with Gasteiger partial charge in [-0.1, -0.05) is 30.3 Å². The van der Waals surface area contributed by atoms with Crippen LogP contribution in [0.2, 0.25) is 0 Å². The van der Waals surface area contributed by atoms with Crippen LogP contribution >= 0.6 is 0 Å². The zero-order valence-electron chi connectivity index (χ0n) is 15.4. The van der Waals surface area contributed by atoms with Crippen molar-refractivity contribution in [3.05, 3.63) is 65.2 Å². The second-order valence-electron chi connectivity index (χ2n) is 7.08. The van der Waals surface area contributed by atoms with Crippen LogP contribution in [0.3, 0.4) is 0 Å². The maximum atomic E-state index is 13.0. The topological polar surface area (TPSA) is 101 Å². The van der Waals surface area contributed by atoms with Crippen LogP contribution in [0.15, 0.2) is 53.4 Å². The molecule has 4 rings (SSSR count). The summed E-state index contributed by atoms with van der Waals surface area (Å²) in [6.45, 7) is 2.51. The van der Waals surface area contributed by atoms with E-state index in [1.807, 2.05) is 30.3 Å². The zero-order chi connectivity index (χ0) is 20.1. The first-order valence-electron chi connectivity index (χ1n) is 9.15. The minimum absolute atomic E-state index is 0.0282. The molecular formula is C20H21N3O4S. The lowest BCUT2D eigenvalue weighted by Gasteiger charge is -2.17. The van der Waals surface area contributed by atoms with Gasteiger partial charge in [0, 0.05) is 37.2 Å². The van der Waals surface area contributed by atoms with E-state index in [0.717, 1.165) is 9.87 Å². The molecule has 0 unspecified atom stereocenters. The summed E-state index contributed by atoms with van der Waals surface area (Å²) in [5, 5.41) is 0. The number of hydrogen-bond acceptors (Lipinski definition) is 5. The van der Waals surface area contributed by atoms with Gasteiger partial charge >= 0.3 is 0 Å². The van der Waals surface area contributed by atoms with Crippen LogP contribution in [-0.4, -0.2) is 55.1 Å². The van der Waals surface area contributed by atoms with Crippen LogP contribution in [-0.2, 0) is 10.0 Å². The summed E-state index contributed by atoms with van der Waals surface area (Å²) >= 11 is 0. The van der Waals surface area contributed by atoms with E-state index in [1.54, 1.807) is 11.8 Å². The Morgan fingerprint density at radius 2 is 1.86 bits per heavy atom. The van der Waals surface area contributed by atoms with Gasteiger partial charge in [-0.15, -0.1) is 0 Å². The molecular weight excluding hydrogens is 378 g/mol. The molecule has 2 atom stereocenters. The normalized spacial score (nSPS) is 23.1. The summed E-state index contributed by atoms with van der Waals surface area (Å²) in [4.78, 5) is 26.8. The van der Waals surface area contributed by atoms with Gasteiger partial charge in [0.05, 0.1) is 5.56 Å². The van der Waals surface area contributed by atoms with Crippen molar-refractivity contribution in [1.29, 1.82) is 0 Å². The molecule has 1 saturated heterocycles. The molecule has 2 aliphatic heterocycles. The van der Waals surface area contributed by atoms with E-state index >= 15 is 0 Å². The van der Waals surface area contributed by atoms with Crippen molar-refractivity contribution in [3.8, 4) is 0 Å². The minimum Gasteiger partial charge on any atom is -0.336 e. The summed E-state index contributed by atoms with van der Waals surface area (Å²) < 4.78 is 26.0. The molecule has 28 heavy (non-hydrogen) atoms. The molecule has 0 aliphatic carbocycles. The third-order valence-electron chi connectivity index (χ3n) is 5.42. The van der Waals surface area contributed by atoms with Gasteiger partial charge in [-0.3, -0.25) is 9.59 Å². The van der Waals surface area contributed by atoms with Crippen molar-refractivity contribution in [2.24, 2.45) is 5.73 Å². The SMILES string of the molecule is CCN1C(=O)c2ccc(C(=O)N3C[C@@H](N)[C@H](c4ccccc4)C3)cc2S1(=O)=O. The Labute approximate surface area is 163 Å². The molecule has 146 valence electrons. The van der Waals surface area contributed by atoms with Crippen LogP contribution in [0.1, 0.15) is 39.1 Å². The molecule has 2 amide bonds. The number of rotatable bonds is 3. The lowest BCUT2D eigenvalue weighted by atomic mass is 9.95. The summed E-state index contributed by atoms with van der Waals surface area (Å²) in [7, 11) is -3.90. The highest BCUT2D eigenvalue weighted by Crippen LogP contribution is 2.32. The fourth-order valence-corrected chi connectivity index (χ4v) is 5.55. The second-order valence-corrected chi connectivity index (χ2v) is 8.91. The minimum atomic E-state index is -3.90. The molecule has 2 N–H and O–H groups in total. The Morgan fingerprint density at radius 1 is 1.14 bits per heavy atom. The van der Waals surface area contributed by atoms with E-state index < -0.39 is 15.9 Å². The highest BCUT2D eigenvalue weighted by Gasteiger charge is 2.41. The number of carbonyl (C=O) groups is 2. The summed E-state index contributed by atoms with van der Waals surface area (Å²) in [5.41, 5.74) is 7.69. The molecule has 2 aliphatic rings. The van der Waals surface area contributed by atoms with E-state index in [1.165, 1.54) is 18.2 Å². The highest BCUT2D eigenvalue weighted by molar-refractivity contribution is 7.90. The zero-order valence-corrected chi connectivity index (χ0v) is 16.2. The average Bonchev–Trinajstić information content (AvgIpc) is 3.17.